The van der Waals surface area contributed by atoms with Crippen molar-refractivity contribution in [3.8, 4) is 0 Å². The number of rotatable bonds is 2. The third-order valence-electron chi connectivity index (χ3n) is 2.49. The summed E-state index contributed by atoms with van der Waals surface area (Å²) in [6.07, 6.45) is 0.107. The fraction of sp³-hybridized carbons (Fsp3) is 0.364. The van der Waals surface area contributed by atoms with E-state index < -0.39 is 6.23 Å². The van der Waals surface area contributed by atoms with Crippen LogP contribution in [0.4, 0.5) is 0 Å². The van der Waals surface area contributed by atoms with E-state index in [0.29, 0.717) is 12.1 Å². The largest absolute Gasteiger partial charge is 0.369 e. The molecule has 1 unspecified atom stereocenters. The highest BCUT2D eigenvalue weighted by atomic mass is 16.3. The number of fused-ring (bicyclic) bond motifs is 1. The summed E-state index contributed by atoms with van der Waals surface area (Å²) in [5, 5.41) is 9.85. The van der Waals surface area contributed by atoms with Gasteiger partial charge in [-0.05, 0) is 12.5 Å². The molecule has 0 spiro atoms. The fourth-order valence-corrected chi connectivity index (χ4v) is 1.82. The van der Waals surface area contributed by atoms with Gasteiger partial charge in [-0.3, -0.25) is 4.79 Å². The van der Waals surface area contributed by atoms with Gasteiger partial charge in [0.25, 0.3) is 5.91 Å². The Bertz CT molecular complexity index is 362. The van der Waals surface area contributed by atoms with E-state index in [1.165, 1.54) is 4.90 Å². The first-order valence-corrected chi connectivity index (χ1v) is 4.83. The zero-order chi connectivity index (χ0) is 10.1. The van der Waals surface area contributed by atoms with Crippen LogP contribution in [-0.4, -0.2) is 22.5 Å². The lowest BCUT2D eigenvalue weighted by Crippen LogP contribution is -2.28. The molecular formula is C11H13NO2. The maximum absolute atomic E-state index is 11.8. The highest BCUT2D eigenvalue weighted by molar-refractivity contribution is 5.98. The Balaban J connectivity index is 2.38. The molecule has 0 saturated carbocycles. The highest BCUT2D eigenvalue weighted by Crippen LogP contribution is 2.30. The molecule has 0 fully saturated rings. The average molecular weight is 191 g/mol. The second kappa shape index (κ2) is 3.42. The molecule has 1 aromatic carbocycles. The van der Waals surface area contributed by atoms with Crippen LogP contribution >= 0.6 is 0 Å². The van der Waals surface area contributed by atoms with Crippen molar-refractivity contribution in [1.29, 1.82) is 0 Å². The third-order valence-corrected chi connectivity index (χ3v) is 2.49. The van der Waals surface area contributed by atoms with Crippen LogP contribution in [0.15, 0.2) is 24.3 Å². The van der Waals surface area contributed by atoms with Crippen molar-refractivity contribution in [2.45, 2.75) is 19.6 Å². The molecule has 0 bridgehead atoms. The van der Waals surface area contributed by atoms with Gasteiger partial charge in [-0.25, -0.2) is 0 Å². The number of hydrogen-bond acceptors (Lipinski definition) is 2. The predicted molar refractivity (Wildman–Crippen MR) is 52.7 cm³/mol. The monoisotopic (exact) mass is 191 g/mol. The molecule has 0 saturated heterocycles. The Morgan fingerprint density at radius 2 is 2.14 bits per heavy atom. The van der Waals surface area contributed by atoms with Gasteiger partial charge < -0.3 is 10.0 Å². The predicted octanol–water partition coefficient (Wildman–Crippen LogP) is 1.54. The second-order valence-electron chi connectivity index (χ2n) is 3.46. The molecular weight excluding hydrogens is 178 g/mol. The lowest BCUT2D eigenvalue weighted by Gasteiger charge is -2.19. The molecule has 3 nitrogen and oxygen atoms in total. The first-order valence-electron chi connectivity index (χ1n) is 4.83. The first kappa shape index (κ1) is 9.21. The summed E-state index contributed by atoms with van der Waals surface area (Å²) in [5.74, 6) is -0.0602. The summed E-state index contributed by atoms with van der Waals surface area (Å²) >= 11 is 0. The normalized spacial score (nSPS) is 20.0. The summed E-state index contributed by atoms with van der Waals surface area (Å²) < 4.78 is 0. The van der Waals surface area contributed by atoms with E-state index in [0.717, 1.165) is 12.0 Å². The maximum Gasteiger partial charge on any atom is 0.256 e. The lowest BCUT2D eigenvalue weighted by molar-refractivity contribution is 0.0178. The molecule has 0 aromatic heterocycles. The van der Waals surface area contributed by atoms with E-state index in [1.807, 2.05) is 19.1 Å². The molecule has 1 heterocycles. The quantitative estimate of drug-likeness (QED) is 0.770. The lowest BCUT2D eigenvalue weighted by atomic mass is 10.1. The minimum Gasteiger partial charge on any atom is -0.369 e. The summed E-state index contributed by atoms with van der Waals surface area (Å²) in [5.41, 5.74) is 1.36. The minimum absolute atomic E-state index is 0.0602. The minimum atomic E-state index is -0.751. The topological polar surface area (TPSA) is 40.5 Å². The van der Waals surface area contributed by atoms with Crippen LogP contribution in [0, 0.1) is 0 Å². The van der Waals surface area contributed by atoms with Gasteiger partial charge in [0, 0.05) is 17.7 Å². The molecule has 3 heteroatoms. The smallest absolute Gasteiger partial charge is 0.256 e. The van der Waals surface area contributed by atoms with E-state index in [2.05, 4.69) is 0 Å². The van der Waals surface area contributed by atoms with Crippen molar-refractivity contribution in [2.75, 3.05) is 6.54 Å². The Kier molecular flexibility index (Phi) is 2.25. The molecule has 1 atom stereocenters. The van der Waals surface area contributed by atoms with Crippen molar-refractivity contribution in [1.82, 2.24) is 4.90 Å². The molecule has 1 aliphatic heterocycles. The molecule has 74 valence electrons. The van der Waals surface area contributed by atoms with Crippen molar-refractivity contribution in [3.05, 3.63) is 35.4 Å². The molecule has 1 N–H and O–H groups in total. The van der Waals surface area contributed by atoms with Gasteiger partial charge in [0.1, 0.15) is 0 Å². The van der Waals surface area contributed by atoms with E-state index in [-0.39, 0.29) is 5.91 Å². The number of carbonyl (C=O) groups is 1. The van der Waals surface area contributed by atoms with E-state index in [4.69, 9.17) is 0 Å². The maximum atomic E-state index is 11.8. The van der Waals surface area contributed by atoms with Gasteiger partial charge in [0.15, 0.2) is 6.23 Å². The van der Waals surface area contributed by atoms with Crippen LogP contribution in [0.2, 0.25) is 0 Å². The number of nitrogens with zero attached hydrogens (tertiary/aromatic N) is 1. The van der Waals surface area contributed by atoms with Gasteiger partial charge in [0.05, 0.1) is 0 Å². The number of amides is 1. The van der Waals surface area contributed by atoms with Crippen molar-refractivity contribution >= 4 is 5.91 Å². The molecule has 0 radical (unpaired) electrons. The van der Waals surface area contributed by atoms with Crippen LogP contribution in [0.25, 0.3) is 0 Å². The zero-order valence-electron chi connectivity index (χ0n) is 8.10. The number of aliphatic hydroxyl groups excluding tert-OH is 1. The van der Waals surface area contributed by atoms with Gasteiger partial charge in [0.2, 0.25) is 0 Å². The summed E-state index contributed by atoms with van der Waals surface area (Å²) in [7, 11) is 0. The van der Waals surface area contributed by atoms with Crippen molar-refractivity contribution < 1.29 is 9.90 Å². The number of hydrogen-bond donors (Lipinski definition) is 1. The molecule has 1 aliphatic rings. The first-order chi connectivity index (χ1) is 6.75. The Labute approximate surface area is 83.0 Å². The van der Waals surface area contributed by atoms with Crippen molar-refractivity contribution in [2.24, 2.45) is 0 Å². The SMILES string of the molecule is CCCN1C(=O)c2ccccc2C1O. The van der Waals surface area contributed by atoms with Gasteiger partial charge in [-0.2, -0.15) is 0 Å². The third kappa shape index (κ3) is 1.21. The number of carbonyl (C=O) groups excluding carboxylic acids is 1. The Hall–Kier alpha value is -1.35. The van der Waals surface area contributed by atoms with Crippen LogP contribution in [0.1, 0.15) is 35.5 Å². The van der Waals surface area contributed by atoms with E-state index in [1.54, 1.807) is 12.1 Å². The van der Waals surface area contributed by atoms with E-state index >= 15 is 0 Å². The van der Waals surface area contributed by atoms with Crippen LogP contribution in [0.3, 0.4) is 0 Å². The second-order valence-corrected chi connectivity index (χ2v) is 3.46. The van der Waals surface area contributed by atoms with Crippen LogP contribution in [-0.2, 0) is 0 Å². The molecule has 1 amide bonds. The van der Waals surface area contributed by atoms with Crippen LogP contribution < -0.4 is 0 Å². The Morgan fingerprint density at radius 1 is 1.43 bits per heavy atom. The fourth-order valence-electron chi connectivity index (χ4n) is 1.82. The number of aliphatic hydroxyl groups is 1. The highest BCUT2D eigenvalue weighted by Gasteiger charge is 2.33. The molecule has 0 aliphatic carbocycles. The van der Waals surface area contributed by atoms with Gasteiger partial charge in [-0.15, -0.1) is 0 Å². The van der Waals surface area contributed by atoms with Crippen LogP contribution in [0.5, 0.6) is 0 Å². The van der Waals surface area contributed by atoms with Gasteiger partial charge in [-0.1, -0.05) is 25.1 Å². The summed E-state index contributed by atoms with van der Waals surface area (Å²) in [6, 6.07) is 7.22. The van der Waals surface area contributed by atoms with Crippen molar-refractivity contribution in [3.63, 3.8) is 0 Å². The summed E-state index contributed by atoms with van der Waals surface area (Å²) in [4.78, 5) is 13.3. The molecule has 1 aromatic rings. The number of benzene rings is 1. The zero-order valence-corrected chi connectivity index (χ0v) is 8.10. The van der Waals surface area contributed by atoms with E-state index in [9.17, 15) is 9.90 Å². The summed E-state index contributed by atoms with van der Waals surface area (Å²) in [6.45, 7) is 2.59. The standard InChI is InChI=1S/C11H13NO2/c1-2-7-12-10(13)8-5-3-4-6-9(8)11(12)14/h3-6,10,13H,2,7H2,1H3. The molecule has 14 heavy (non-hydrogen) atoms. The van der Waals surface area contributed by atoms with Gasteiger partial charge >= 0.3 is 0 Å². The Morgan fingerprint density at radius 3 is 2.79 bits per heavy atom. The average Bonchev–Trinajstić information content (AvgIpc) is 2.45. The molecule has 2 rings (SSSR count).